The van der Waals surface area contributed by atoms with Crippen LogP contribution in [0.1, 0.15) is 44.5 Å². The summed E-state index contributed by atoms with van der Waals surface area (Å²) in [5, 5.41) is 3.02. The fourth-order valence-electron chi connectivity index (χ4n) is 1.80. The Hall–Kier alpha value is -1.71. The monoisotopic (exact) mass is 277 g/mol. The maximum Gasteiger partial charge on any atom is 0.251 e. The van der Waals surface area contributed by atoms with Crippen LogP contribution in [0, 0.1) is 5.41 Å². The highest BCUT2D eigenvalue weighted by Gasteiger charge is 2.23. The molecule has 0 radical (unpaired) electrons. The number of benzene rings is 1. The van der Waals surface area contributed by atoms with Gasteiger partial charge in [0.25, 0.3) is 5.91 Å². The van der Waals surface area contributed by atoms with Crippen molar-refractivity contribution in [3.63, 3.8) is 0 Å². The van der Waals surface area contributed by atoms with Crippen molar-refractivity contribution in [3.05, 3.63) is 23.8 Å². The Bertz CT molecular complexity index is 491. The summed E-state index contributed by atoms with van der Waals surface area (Å²) >= 11 is 0. The summed E-state index contributed by atoms with van der Waals surface area (Å²) in [7, 11) is 0. The number of fused-ring (bicyclic) bond motifs is 1. The third-order valence-corrected chi connectivity index (χ3v) is 3.66. The first-order chi connectivity index (χ1) is 9.38. The Morgan fingerprint density at radius 3 is 2.50 bits per heavy atom. The standard InChI is InChI=1S/C16H23NO3/c1-11(16(2,3)4)17-15(18)12-6-7-13-14(10-12)20-9-5-8-19-13/h6-7,10-11H,5,8-9H2,1-4H3,(H,17,18)/t11-/m1/s1. The van der Waals surface area contributed by atoms with E-state index in [1.807, 2.05) is 6.92 Å². The number of rotatable bonds is 2. The lowest BCUT2D eigenvalue weighted by Gasteiger charge is -2.28. The molecule has 1 atom stereocenters. The van der Waals surface area contributed by atoms with Crippen LogP contribution in [0.15, 0.2) is 18.2 Å². The molecule has 0 saturated heterocycles. The molecule has 4 nitrogen and oxygen atoms in total. The first kappa shape index (κ1) is 14.7. The van der Waals surface area contributed by atoms with Crippen LogP contribution in [0.3, 0.4) is 0 Å². The fourth-order valence-corrected chi connectivity index (χ4v) is 1.80. The molecule has 1 heterocycles. The predicted molar refractivity (Wildman–Crippen MR) is 78.4 cm³/mol. The Labute approximate surface area is 120 Å². The van der Waals surface area contributed by atoms with E-state index >= 15 is 0 Å². The molecule has 0 aromatic heterocycles. The number of nitrogens with one attached hydrogen (secondary N) is 1. The number of carbonyl (C=O) groups excluding carboxylic acids is 1. The van der Waals surface area contributed by atoms with Gasteiger partial charge in [-0.05, 0) is 30.5 Å². The minimum absolute atomic E-state index is 0.0287. The summed E-state index contributed by atoms with van der Waals surface area (Å²) in [6.07, 6.45) is 0.858. The quantitative estimate of drug-likeness (QED) is 0.904. The van der Waals surface area contributed by atoms with Crippen molar-refractivity contribution in [2.24, 2.45) is 5.41 Å². The van der Waals surface area contributed by atoms with Crippen LogP contribution in [0.5, 0.6) is 11.5 Å². The van der Waals surface area contributed by atoms with Crippen molar-refractivity contribution in [1.82, 2.24) is 5.32 Å². The minimum Gasteiger partial charge on any atom is -0.490 e. The molecule has 0 fully saturated rings. The van der Waals surface area contributed by atoms with E-state index in [-0.39, 0.29) is 17.4 Å². The van der Waals surface area contributed by atoms with E-state index in [4.69, 9.17) is 9.47 Å². The van der Waals surface area contributed by atoms with Crippen LogP contribution in [-0.2, 0) is 0 Å². The van der Waals surface area contributed by atoms with Gasteiger partial charge < -0.3 is 14.8 Å². The lowest BCUT2D eigenvalue weighted by Crippen LogP contribution is -2.41. The second-order valence-electron chi connectivity index (χ2n) is 6.27. The van der Waals surface area contributed by atoms with Crippen molar-refractivity contribution in [2.75, 3.05) is 13.2 Å². The summed E-state index contributed by atoms with van der Waals surface area (Å²) in [5.74, 6) is 1.28. The van der Waals surface area contributed by atoms with Crippen molar-refractivity contribution in [2.45, 2.75) is 40.2 Å². The van der Waals surface area contributed by atoms with E-state index in [0.29, 0.717) is 30.3 Å². The Kier molecular flexibility index (Phi) is 4.21. The zero-order chi connectivity index (χ0) is 14.8. The van der Waals surface area contributed by atoms with E-state index in [0.717, 1.165) is 6.42 Å². The molecule has 2 rings (SSSR count). The normalized spacial score (nSPS) is 16.2. The average Bonchev–Trinajstić information content (AvgIpc) is 2.61. The molecule has 0 unspecified atom stereocenters. The molecule has 1 aromatic carbocycles. The Morgan fingerprint density at radius 1 is 1.20 bits per heavy atom. The first-order valence-electron chi connectivity index (χ1n) is 7.08. The maximum absolute atomic E-state index is 12.3. The number of ether oxygens (including phenoxy) is 2. The van der Waals surface area contributed by atoms with Crippen LogP contribution in [-0.4, -0.2) is 25.2 Å². The number of amides is 1. The van der Waals surface area contributed by atoms with E-state index < -0.39 is 0 Å². The topological polar surface area (TPSA) is 47.6 Å². The molecule has 0 saturated carbocycles. The fraction of sp³-hybridized carbons (Fsp3) is 0.562. The van der Waals surface area contributed by atoms with Gasteiger partial charge in [0, 0.05) is 18.0 Å². The second kappa shape index (κ2) is 5.73. The number of hydrogen-bond acceptors (Lipinski definition) is 3. The van der Waals surface area contributed by atoms with Crippen molar-refractivity contribution in [3.8, 4) is 11.5 Å². The third kappa shape index (κ3) is 3.44. The molecule has 1 aliphatic rings. The van der Waals surface area contributed by atoms with Gasteiger partial charge >= 0.3 is 0 Å². The lowest BCUT2D eigenvalue weighted by atomic mass is 9.88. The summed E-state index contributed by atoms with van der Waals surface area (Å²) < 4.78 is 11.2. The van der Waals surface area contributed by atoms with Crippen molar-refractivity contribution < 1.29 is 14.3 Å². The number of carbonyl (C=O) groups is 1. The van der Waals surface area contributed by atoms with Gasteiger partial charge in [-0.2, -0.15) is 0 Å². The highest BCUT2D eigenvalue weighted by molar-refractivity contribution is 5.95. The average molecular weight is 277 g/mol. The van der Waals surface area contributed by atoms with Crippen LogP contribution >= 0.6 is 0 Å². The van der Waals surface area contributed by atoms with Crippen LogP contribution in [0.2, 0.25) is 0 Å². The lowest BCUT2D eigenvalue weighted by molar-refractivity contribution is 0.0909. The number of hydrogen-bond donors (Lipinski definition) is 1. The van der Waals surface area contributed by atoms with Gasteiger partial charge in [-0.25, -0.2) is 0 Å². The SMILES string of the molecule is C[C@@H](NC(=O)c1ccc2c(c1)OCCCO2)C(C)(C)C. The second-order valence-corrected chi connectivity index (χ2v) is 6.27. The molecular formula is C16H23NO3. The van der Waals surface area contributed by atoms with E-state index in [9.17, 15) is 4.79 Å². The van der Waals surface area contributed by atoms with Crippen LogP contribution in [0.4, 0.5) is 0 Å². The molecule has 0 spiro atoms. The highest BCUT2D eigenvalue weighted by Crippen LogP contribution is 2.30. The van der Waals surface area contributed by atoms with Crippen LogP contribution in [0.25, 0.3) is 0 Å². The van der Waals surface area contributed by atoms with Gasteiger partial charge in [0.1, 0.15) is 0 Å². The molecule has 1 aromatic rings. The molecule has 110 valence electrons. The molecule has 20 heavy (non-hydrogen) atoms. The predicted octanol–water partition coefficient (Wildman–Crippen LogP) is 3.01. The van der Waals surface area contributed by atoms with Gasteiger partial charge in [0.05, 0.1) is 13.2 Å². The van der Waals surface area contributed by atoms with Crippen molar-refractivity contribution in [1.29, 1.82) is 0 Å². The van der Waals surface area contributed by atoms with Crippen LogP contribution < -0.4 is 14.8 Å². The van der Waals surface area contributed by atoms with E-state index in [1.165, 1.54) is 0 Å². The molecule has 1 aliphatic heterocycles. The van der Waals surface area contributed by atoms with E-state index in [1.54, 1.807) is 18.2 Å². The Morgan fingerprint density at radius 2 is 1.85 bits per heavy atom. The van der Waals surface area contributed by atoms with Crippen molar-refractivity contribution >= 4 is 5.91 Å². The summed E-state index contributed by atoms with van der Waals surface area (Å²) in [5.41, 5.74) is 0.631. The Balaban J connectivity index is 2.13. The maximum atomic E-state index is 12.3. The van der Waals surface area contributed by atoms with Gasteiger partial charge in [-0.15, -0.1) is 0 Å². The van der Waals surface area contributed by atoms with Gasteiger partial charge in [0.2, 0.25) is 0 Å². The summed E-state index contributed by atoms with van der Waals surface area (Å²) in [6, 6.07) is 5.42. The summed E-state index contributed by atoms with van der Waals surface area (Å²) in [4.78, 5) is 12.3. The highest BCUT2D eigenvalue weighted by atomic mass is 16.5. The third-order valence-electron chi connectivity index (χ3n) is 3.66. The first-order valence-corrected chi connectivity index (χ1v) is 7.08. The molecular weight excluding hydrogens is 254 g/mol. The molecule has 1 N–H and O–H groups in total. The van der Waals surface area contributed by atoms with Gasteiger partial charge in [-0.3, -0.25) is 4.79 Å². The largest absolute Gasteiger partial charge is 0.490 e. The minimum atomic E-state index is -0.0805. The molecule has 1 amide bonds. The van der Waals surface area contributed by atoms with Gasteiger partial charge in [-0.1, -0.05) is 20.8 Å². The zero-order valence-corrected chi connectivity index (χ0v) is 12.7. The molecule has 0 aliphatic carbocycles. The smallest absolute Gasteiger partial charge is 0.251 e. The van der Waals surface area contributed by atoms with Gasteiger partial charge in [0.15, 0.2) is 11.5 Å². The molecule has 4 heteroatoms. The van der Waals surface area contributed by atoms with E-state index in [2.05, 4.69) is 26.1 Å². The molecule has 0 bridgehead atoms. The summed E-state index contributed by atoms with van der Waals surface area (Å²) in [6.45, 7) is 9.60. The zero-order valence-electron chi connectivity index (χ0n) is 12.7.